The SMILES string of the molecule is Cc1ccc(CC(=O)N(Cc2ccccn2)c2nc3c(Cl)cccc3s2)cc1. The molecule has 2 aromatic heterocycles. The van der Waals surface area contributed by atoms with E-state index >= 15 is 0 Å². The molecule has 2 heterocycles. The van der Waals surface area contributed by atoms with E-state index in [1.807, 2.05) is 67.6 Å². The highest BCUT2D eigenvalue weighted by Gasteiger charge is 2.21. The number of amides is 1. The Morgan fingerprint density at radius 3 is 2.61 bits per heavy atom. The normalized spacial score (nSPS) is 10.9. The molecule has 0 fully saturated rings. The van der Waals surface area contributed by atoms with E-state index in [0.717, 1.165) is 21.5 Å². The van der Waals surface area contributed by atoms with Gasteiger partial charge in [0.25, 0.3) is 0 Å². The minimum absolute atomic E-state index is 0.0234. The number of para-hydroxylation sites is 1. The molecule has 140 valence electrons. The zero-order chi connectivity index (χ0) is 19.5. The summed E-state index contributed by atoms with van der Waals surface area (Å²) in [6, 6.07) is 19.4. The smallest absolute Gasteiger partial charge is 0.233 e. The van der Waals surface area contributed by atoms with Crippen LogP contribution in [0.3, 0.4) is 0 Å². The van der Waals surface area contributed by atoms with Crippen molar-refractivity contribution in [1.82, 2.24) is 9.97 Å². The first kappa shape index (κ1) is 18.6. The number of nitrogens with zero attached hydrogens (tertiary/aromatic N) is 3. The van der Waals surface area contributed by atoms with Gasteiger partial charge in [-0.05, 0) is 36.8 Å². The second kappa shape index (κ2) is 8.09. The Morgan fingerprint density at radius 1 is 1.07 bits per heavy atom. The number of hydrogen-bond donors (Lipinski definition) is 0. The van der Waals surface area contributed by atoms with Crippen molar-refractivity contribution in [3.63, 3.8) is 0 Å². The average Bonchev–Trinajstić information content (AvgIpc) is 3.14. The van der Waals surface area contributed by atoms with Crippen LogP contribution in [0.4, 0.5) is 5.13 Å². The molecule has 6 heteroatoms. The number of fused-ring (bicyclic) bond motifs is 1. The van der Waals surface area contributed by atoms with Crippen molar-refractivity contribution in [2.75, 3.05) is 4.90 Å². The highest BCUT2D eigenvalue weighted by atomic mass is 35.5. The summed E-state index contributed by atoms with van der Waals surface area (Å²) in [6.07, 6.45) is 2.03. The maximum absolute atomic E-state index is 13.2. The number of anilines is 1. The summed E-state index contributed by atoms with van der Waals surface area (Å²) in [4.78, 5) is 23.9. The number of aromatic nitrogens is 2. The first-order valence-electron chi connectivity index (χ1n) is 8.91. The topological polar surface area (TPSA) is 46.1 Å². The Balaban J connectivity index is 1.69. The van der Waals surface area contributed by atoms with Gasteiger partial charge in [-0.3, -0.25) is 14.7 Å². The van der Waals surface area contributed by atoms with Crippen molar-refractivity contribution < 1.29 is 4.79 Å². The van der Waals surface area contributed by atoms with Crippen LogP contribution in [0.15, 0.2) is 66.9 Å². The van der Waals surface area contributed by atoms with Crippen molar-refractivity contribution in [2.24, 2.45) is 0 Å². The van der Waals surface area contributed by atoms with Crippen LogP contribution in [-0.4, -0.2) is 15.9 Å². The molecular formula is C22H18ClN3OS. The molecule has 0 N–H and O–H groups in total. The van der Waals surface area contributed by atoms with Gasteiger partial charge in [0.2, 0.25) is 5.91 Å². The van der Waals surface area contributed by atoms with E-state index in [1.165, 1.54) is 16.9 Å². The number of hydrogen-bond acceptors (Lipinski definition) is 4. The molecule has 0 aliphatic rings. The van der Waals surface area contributed by atoms with Gasteiger partial charge in [-0.1, -0.05) is 64.9 Å². The van der Waals surface area contributed by atoms with Crippen molar-refractivity contribution in [3.8, 4) is 0 Å². The maximum Gasteiger partial charge on any atom is 0.233 e. The quantitative estimate of drug-likeness (QED) is 0.443. The Bertz CT molecular complexity index is 1110. The van der Waals surface area contributed by atoms with E-state index in [0.29, 0.717) is 23.1 Å². The summed E-state index contributed by atoms with van der Waals surface area (Å²) < 4.78 is 0.955. The molecule has 0 spiro atoms. The lowest BCUT2D eigenvalue weighted by Crippen LogP contribution is -2.32. The molecule has 1 amide bonds. The van der Waals surface area contributed by atoms with E-state index in [9.17, 15) is 4.79 Å². The molecule has 4 nitrogen and oxygen atoms in total. The standard InChI is InChI=1S/C22H18ClN3OS/c1-15-8-10-16(11-9-15)13-20(27)26(14-17-5-2-3-12-24-17)22-25-21-18(23)6-4-7-19(21)28-22/h2-12H,13-14H2,1H3. The van der Waals surface area contributed by atoms with Crippen molar-refractivity contribution in [3.05, 3.63) is 88.7 Å². The minimum atomic E-state index is -0.0234. The maximum atomic E-state index is 13.2. The second-order valence-electron chi connectivity index (χ2n) is 6.55. The number of aryl methyl sites for hydroxylation is 1. The summed E-state index contributed by atoms with van der Waals surface area (Å²) >= 11 is 7.75. The van der Waals surface area contributed by atoms with Gasteiger partial charge in [0.15, 0.2) is 5.13 Å². The van der Waals surface area contributed by atoms with Gasteiger partial charge >= 0.3 is 0 Å². The van der Waals surface area contributed by atoms with Crippen molar-refractivity contribution in [2.45, 2.75) is 19.9 Å². The molecule has 0 aliphatic carbocycles. The van der Waals surface area contributed by atoms with Crippen LogP contribution in [-0.2, 0) is 17.8 Å². The second-order valence-corrected chi connectivity index (χ2v) is 7.96. The monoisotopic (exact) mass is 407 g/mol. The van der Waals surface area contributed by atoms with Crippen LogP contribution in [0.5, 0.6) is 0 Å². The fraction of sp³-hybridized carbons (Fsp3) is 0.136. The molecule has 0 bridgehead atoms. The molecule has 0 unspecified atom stereocenters. The predicted molar refractivity (Wildman–Crippen MR) is 115 cm³/mol. The average molecular weight is 408 g/mol. The molecule has 0 radical (unpaired) electrons. The highest BCUT2D eigenvalue weighted by Crippen LogP contribution is 2.33. The Morgan fingerprint density at radius 2 is 1.89 bits per heavy atom. The van der Waals surface area contributed by atoms with Crippen LogP contribution in [0.1, 0.15) is 16.8 Å². The van der Waals surface area contributed by atoms with Crippen LogP contribution in [0.2, 0.25) is 5.02 Å². The molecule has 0 aliphatic heterocycles. The summed E-state index contributed by atoms with van der Waals surface area (Å²) in [5.41, 5.74) is 3.67. The summed E-state index contributed by atoms with van der Waals surface area (Å²) in [7, 11) is 0. The van der Waals surface area contributed by atoms with Gasteiger partial charge in [0, 0.05) is 6.20 Å². The van der Waals surface area contributed by atoms with Gasteiger partial charge in [-0.15, -0.1) is 0 Å². The summed E-state index contributed by atoms with van der Waals surface area (Å²) in [5.74, 6) is -0.0234. The number of pyridine rings is 1. The molecule has 2 aromatic carbocycles. The van der Waals surface area contributed by atoms with E-state index in [1.54, 1.807) is 11.1 Å². The molecule has 0 saturated heterocycles. The number of halogens is 1. The number of carbonyl (C=O) groups excluding carboxylic acids is 1. The number of carbonyl (C=O) groups is 1. The van der Waals surface area contributed by atoms with E-state index in [2.05, 4.69) is 9.97 Å². The van der Waals surface area contributed by atoms with Gasteiger partial charge in [0.05, 0.1) is 28.4 Å². The van der Waals surface area contributed by atoms with E-state index in [4.69, 9.17) is 11.6 Å². The zero-order valence-corrected chi connectivity index (χ0v) is 16.9. The highest BCUT2D eigenvalue weighted by molar-refractivity contribution is 7.22. The first-order valence-corrected chi connectivity index (χ1v) is 10.1. The fourth-order valence-corrected chi connectivity index (χ4v) is 4.19. The predicted octanol–water partition coefficient (Wildman–Crippen LogP) is 5.43. The summed E-state index contributed by atoms with van der Waals surface area (Å²) in [5, 5.41) is 1.22. The number of benzene rings is 2. The van der Waals surface area contributed by atoms with Crippen LogP contribution in [0, 0.1) is 6.92 Å². The molecule has 0 atom stereocenters. The van der Waals surface area contributed by atoms with E-state index in [-0.39, 0.29) is 5.91 Å². The Kier molecular flexibility index (Phi) is 5.37. The van der Waals surface area contributed by atoms with E-state index < -0.39 is 0 Å². The lowest BCUT2D eigenvalue weighted by atomic mass is 10.1. The first-order chi connectivity index (χ1) is 13.6. The number of rotatable bonds is 5. The molecule has 28 heavy (non-hydrogen) atoms. The van der Waals surface area contributed by atoms with Gasteiger partial charge in [0.1, 0.15) is 5.52 Å². The van der Waals surface area contributed by atoms with Crippen LogP contribution in [0.25, 0.3) is 10.2 Å². The van der Waals surface area contributed by atoms with Crippen molar-refractivity contribution >= 4 is 44.2 Å². The molecule has 4 aromatic rings. The molecular weight excluding hydrogens is 390 g/mol. The minimum Gasteiger partial charge on any atom is -0.282 e. The van der Waals surface area contributed by atoms with Crippen LogP contribution >= 0.6 is 22.9 Å². The lowest BCUT2D eigenvalue weighted by molar-refractivity contribution is -0.118. The van der Waals surface area contributed by atoms with Crippen molar-refractivity contribution in [1.29, 1.82) is 0 Å². The lowest BCUT2D eigenvalue weighted by Gasteiger charge is -2.19. The third-order valence-electron chi connectivity index (χ3n) is 4.41. The summed E-state index contributed by atoms with van der Waals surface area (Å²) in [6.45, 7) is 2.40. The number of thiazole rings is 1. The third-order valence-corrected chi connectivity index (χ3v) is 5.76. The molecule has 4 rings (SSSR count). The molecule has 0 saturated carbocycles. The van der Waals surface area contributed by atoms with Gasteiger partial charge in [-0.2, -0.15) is 0 Å². The Hall–Kier alpha value is -2.76. The van der Waals surface area contributed by atoms with Gasteiger partial charge < -0.3 is 0 Å². The zero-order valence-electron chi connectivity index (χ0n) is 15.3. The van der Waals surface area contributed by atoms with Gasteiger partial charge in [-0.25, -0.2) is 4.98 Å². The Labute approximate surface area is 172 Å². The van der Waals surface area contributed by atoms with Crippen LogP contribution < -0.4 is 4.90 Å². The largest absolute Gasteiger partial charge is 0.282 e. The third kappa shape index (κ3) is 4.06. The fourth-order valence-electron chi connectivity index (χ4n) is 2.91.